The second-order valence-electron chi connectivity index (χ2n) is 4.64. The summed E-state index contributed by atoms with van der Waals surface area (Å²) in [4.78, 5) is 0. The van der Waals surface area contributed by atoms with Crippen molar-refractivity contribution in [2.75, 3.05) is 6.54 Å². The summed E-state index contributed by atoms with van der Waals surface area (Å²) in [6, 6.07) is 15.2. The highest BCUT2D eigenvalue weighted by atomic mass is 19.1. The molecule has 2 aromatic carbocycles. The molecule has 0 fully saturated rings. The molecule has 0 aliphatic heterocycles. The number of hydrogen-bond donors (Lipinski definition) is 1. The maximum Gasteiger partial charge on any atom is 0.126 e. The number of halogens is 1. The topological polar surface area (TPSA) is 26.0 Å². The Morgan fingerprint density at radius 1 is 1.06 bits per heavy atom. The van der Waals surface area contributed by atoms with Crippen molar-refractivity contribution < 1.29 is 4.39 Å². The number of nitrogens with two attached hydrogens (primary N) is 1. The van der Waals surface area contributed by atoms with E-state index < -0.39 is 0 Å². The molecule has 0 spiro atoms. The van der Waals surface area contributed by atoms with Crippen LogP contribution in [0.1, 0.15) is 22.6 Å². The van der Waals surface area contributed by atoms with Gasteiger partial charge in [-0.05, 0) is 37.1 Å². The van der Waals surface area contributed by atoms with Gasteiger partial charge in [0.05, 0.1) is 0 Å². The molecule has 0 saturated carbocycles. The third kappa shape index (κ3) is 2.96. The molecule has 0 heterocycles. The van der Waals surface area contributed by atoms with E-state index >= 15 is 0 Å². The Morgan fingerprint density at radius 2 is 1.72 bits per heavy atom. The van der Waals surface area contributed by atoms with Crippen LogP contribution in [-0.4, -0.2) is 6.54 Å². The van der Waals surface area contributed by atoms with Crippen molar-refractivity contribution in [3.8, 4) is 0 Å². The van der Waals surface area contributed by atoms with Crippen LogP contribution >= 0.6 is 0 Å². The van der Waals surface area contributed by atoms with Crippen LogP contribution in [0.25, 0.3) is 0 Å². The molecule has 2 N–H and O–H groups in total. The first-order valence-electron chi connectivity index (χ1n) is 6.20. The van der Waals surface area contributed by atoms with Gasteiger partial charge in [0.2, 0.25) is 0 Å². The van der Waals surface area contributed by atoms with Gasteiger partial charge in [0, 0.05) is 5.92 Å². The van der Waals surface area contributed by atoms with E-state index in [0.717, 1.165) is 5.56 Å². The molecule has 0 radical (unpaired) electrons. The van der Waals surface area contributed by atoms with Crippen LogP contribution in [0.5, 0.6) is 0 Å². The van der Waals surface area contributed by atoms with Crippen LogP contribution in [0.4, 0.5) is 4.39 Å². The minimum Gasteiger partial charge on any atom is -0.330 e. The predicted octanol–water partition coefficient (Wildman–Crippen LogP) is 3.42. The van der Waals surface area contributed by atoms with Gasteiger partial charge in [0.25, 0.3) is 0 Å². The molecule has 0 aliphatic carbocycles. The zero-order valence-electron chi connectivity index (χ0n) is 10.6. The monoisotopic (exact) mass is 243 g/mol. The molecule has 0 saturated heterocycles. The van der Waals surface area contributed by atoms with E-state index in [1.54, 1.807) is 6.07 Å². The number of benzene rings is 2. The molecule has 94 valence electrons. The summed E-state index contributed by atoms with van der Waals surface area (Å²) in [7, 11) is 0. The fourth-order valence-electron chi connectivity index (χ4n) is 2.11. The SMILES string of the molecule is Cc1ccc(C(CN)Cc2ccccc2F)cc1. The molecule has 2 heteroatoms. The molecular formula is C16H18FN. The summed E-state index contributed by atoms with van der Waals surface area (Å²) in [5.74, 6) is 0.0190. The van der Waals surface area contributed by atoms with E-state index in [-0.39, 0.29) is 11.7 Å². The van der Waals surface area contributed by atoms with E-state index in [1.165, 1.54) is 17.2 Å². The lowest BCUT2D eigenvalue weighted by Gasteiger charge is -2.16. The van der Waals surface area contributed by atoms with Crippen molar-refractivity contribution in [3.63, 3.8) is 0 Å². The largest absolute Gasteiger partial charge is 0.330 e. The molecule has 1 nitrogen and oxygen atoms in total. The predicted molar refractivity (Wildman–Crippen MR) is 73.1 cm³/mol. The normalized spacial score (nSPS) is 12.4. The average Bonchev–Trinajstić information content (AvgIpc) is 2.39. The Bertz CT molecular complexity index is 505. The van der Waals surface area contributed by atoms with Crippen LogP contribution in [0, 0.1) is 12.7 Å². The average molecular weight is 243 g/mol. The Labute approximate surface area is 107 Å². The first-order chi connectivity index (χ1) is 8.70. The Hall–Kier alpha value is -1.67. The maximum absolute atomic E-state index is 13.6. The van der Waals surface area contributed by atoms with Crippen LogP contribution in [0.3, 0.4) is 0 Å². The highest BCUT2D eigenvalue weighted by Gasteiger charge is 2.12. The second-order valence-corrected chi connectivity index (χ2v) is 4.64. The van der Waals surface area contributed by atoms with E-state index in [9.17, 15) is 4.39 Å². The van der Waals surface area contributed by atoms with Gasteiger partial charge in [-0.3, -0.25) is 0 Å². The Morgan fingerprint density at radius 3 is 2.33 bits per heavy atom. The van der Waals surface area contributed by atoms with Gasteiger partial charge in [0.1, 0.15) is 5.82 Å². The first kappa shape index (κ1) is 12.8. The highest BCUT2D eigenvalue weighted by Crippen LogP contribution is 2.21. The lowest BCUT2D eigenvalue weighted by Crippen LogP contribution is -2.15. The fraction of sp³-hybridized carbons (Fsp3) is 0.250. The lowest BCUT2D eigenvalue weighted by molar-refractivity contribution is 0.590. The van der Waals surface area contributed by atoms with Gasteiger partial charge in [0.15, 0.2) is 0 Å². The van der Waals surface area contributed by atoms with Crippen molar-refractivity contribution in [3.05, 3.63) is 71.0 Å². The molecule has 1 unspecified atom stereocenters. The first-order valence-corrected chi connectivity index (χ1v) is 6.20. The molecule has 2 aromatic rings. The third-order valence-corrected chi connectivity index (χ3v) is 3.26. The van der Waals surface area contributed by atoms with E-state index in [2.05, 4.69) is 31.2 Å². The summed E-state index contributed by atoms with van der Waals surface area (Å²) in [5.41, 5.74) is 8.94. The van der Waals surface area contributed by atoms with Gasteiger partial charge in [-0.2, -0.15) is 0 Å². The third-order valence-electron chi connectivity index (χ3n) is 3.26. The van der Waals surface area contributed by atoms with Crippen molar-refractivity contribution in [2.45, 2.75) is 19.3 Å². The zero-order valence-corrected chi connectivity index (χ0v) is 10.6. The Kier molecular flexibility index (Phi) is 4.11. The standard InChI is InChI=1S/C16H18FN/c1-12-6-8-13(9-7-12)15(11-18)10-14-4-2-3-5-16(14)17/h2-9,15H,10-11,18H2,1H3. The van der Waals surface area contributed by atoms with Crippen LogP contribution in [0.2, 0.25) is 0 Å². The number of aryl methyl sites for hydroxylation is 1. The van der Waals surface area contributed by atoms with Crippen LogP contribution in [0.15, 0.2) is 48.5 Å². The highest BCUT2D eigenvalue weighted by molar-refractivity contribution is 5.28. The van der Waals surface area contributed by atoms with Crippen molar-refractivity contribution in [2.24, 2.45) is 5.73 Å². The van der Waals surface area contributed by atoms with Gasteiger partial charge >= 0.3 is 0 Å². The van der Waals surface area contributed by atoms with Crippen molar-refractivity contribution >= 4 is 0 Å². The van der Waals surface area contributed by atoms with Gasteiger partial charge in [-0.1, -0.05) is 48.0 Å². The van der Waals surface area contributed by atoms with E-state index in [0.29, 0.717) is 13.0 Å². The Balaban J connectivity index is 2.20. The molecule has 0 bridgehead atoms. The summed E-state index contributed by atoms with van der Waals surface area (Å²) in [6.45, 7) is 2.58. The summed E-state index contributed by atoms with van der Waals surface area (Å²) in [6.07, 6.45) is 0.645. The van der Waals surface area contributed by atoms with Crippen molar-refractivity contribution in [1.29, 1.82) is 0 Å². The quantitative estimate of drug-likeness (QED) is 0.874. The summed E-state index contributed by atoms with van der Waals surface area (Å²) >= 11 is 0. The molecule has 1 atom stereocenters. The smallest absolute Gasteiger partial charge is 0.126 e. The van der Waals surface area contributed by atoms with Gasteiger partial charge in [-0.15, -0.1) is 0 Å². The van der Waals surface area contributed by atoms with Crippen molar-refractivity contribution in [1.82, 2.24) is 0 Å². The minimum atomic E-state index is -0.150. The van der Waals surface area contributed by atoms with Crippen LogP contribution in [-0.2, 0) is 6.42 Å². The van der Waals surface area contributed by atoms with E-state index in [4.69, 9.17) is 5.73 Å². The number of rotatable bonds is 4. The molecule has 0 amide bonds. The van der Waals surface area contributed by atoms with Crippen LogP contribution < -0.4 is 5.73 Å². The van der Waals surface area contributed by atoms with Gasteiger partial charge in [-0.25, -0.2) is 4.39 Å². The molecule has 2 rings (SSSR count). The molecule has 0 aliphatic rings. The molecular weight excluding hydrogens is 225 g/mol. The van der Waals surface area contributed by atoms with E-state index in [1.807, 2.05) is 12.1 Å². The minimum absolute atomic E-state index is 0.150. The maximum atomic E-state index is 13.6. The molecule has 18 heavy (non-hydrogen) atoms. The fourth-order valence-corrected chi connectivity index (χ4v) is 2.11. The zero-order chi connectivity index (χ0) is 13.0. The summed E-state index contributed by atoms with van der Waals surface area (Å²) < 4.78 is 13.6. The second kappa shape index (κ2) is 5.78. The number of hydrogen-bond acceptors (Lipinski definition) is 1. The molecule has 0 aromatic heterocycles. The lowest BCUT2D eigenvalue weighted by atomic mass is 9.91. The van der Waals surface area contributed by atoms with Gasteiger partial charge < -0.3 is 5.73 Å². The summed E-state index contributed by atoms with van der Waals surface area (Å²) in [5, 5.41) is 0.